The average Bonchev–Trinajstić information content (AvgIpc) is 2.91. The van der Waals surface area contributed by atoms with Crippen LogP contribution in [0.3, 0.4) is 0 Å². The zero-order valence-corrected chi connectivity index (χ0v) is 12.6. The summed E-state index contributed by atoms with van der Waals surface area (Å²) in [5.74, 6) is 0. The van der Waals surface area contributed by atoms with Crippen LogP contribution in [0.4, 0.5) is 10.8 Å². The molecule has 0 saturated heterocycles. The fraction of sp³-hybridized carbons (Fsp3) is 0. The van der Waals surface area contributed by atoms with Crippen molar-refractivity contribution in [3.8, 4) is 0 Å². The lowest BCUT2D eigenvalue weighted by molar-refractivity contribution is 1.45. The first-order valence-electron chi connectivity index (χ1n) is 6.61. The molecule has 4 heteroatoms. The molecular formula is C17H11ClN2S. The molecule has 0 atom stereocenters. The summed E-state index contributed by atoms with van der Waals surface area (Å²) in [7, 11) is 0. The number of hydrogen-bond donors (Lipinski definition) is 1. The Balaban J connectivity index is 1.88. The van der Waals surface area contributed by atoms with Crippen molar-refractivity contribution in [2.45, 2.75) is 0 Å². The zero-order valence-electron chi connectivity index (χ0n) is 11.0. The molecule has 0 aliphatic rings. The number of benzene rings is 3. The minimum atomic E-state index is 0.771. The van der Waals surface area contributed by atoms with Gasteiger partial charge >= 0.3 is 0 Å². The number of thiazole rings is 1. The van der Waals surface area contributed by atoms with E-state index >= 15 is 0 Å². The number of hydrogen-bond acceptors (Lipinski definition) is 3. The van der Waals surface area contributed by atoms with Crippen molar-refractivity contribution in [1.82, 2.24) is 4.98 Å². The van der Waals surface area contributed by atoms with E-state index in [0.29, 0.717) is 0 Å². The molecule has 4 rings (SSSR count). The van der Waals surface area contributed by atoms with Gasteiger partial charge in [-0.05, 0) is 18.2 Å². The highest BCUT2D eigenvalue weighted by Gasteiger charge is 2.10. The molecular weight excluding hydrogens is 300 g/mol. The van der Waals surface area contributed by atoms with Crippen molar-refractivity contribution < 1.29 is 0 Å². The van der Waals surface area contributed by atoms with Gasteiger partial charge in [-0.3, -0.25) is 0 Å². The van der Waals surface area contributed by atoms with Crippen molar-refractivity contribution in [2.24, 2.45) is 0 Å². The van der Waals surface area contributed by atoms with E-state index in [9.17, 15) is 0 Å². The first kappa shape index (κ1) is 12.6. The molecule has 102 valence electrons. The number of rotatable bonds is 2. The second-order valence-corrected chi connectivity index (χ2v) is 6.20. The van der Waals surface area contributed by atoms with E-state index in [2.05, 4.69) is 11.4 Å². The Morgan fingerprint density at radius 1 is 0.905 bits per heavy atom. The van der Waals surface area contributed by atoms with E-state index in [1.807, 2.05) is 54.6 Å². The van der Waals surface area contributed by atoms with Gasteiger partial charge in [0.25, 0.3) is 0 Å². The second-order valence-electron chi connectivity index (χ2n) is 4.76. The number of nitrogens with zero attached hydrogens (tertiary/aromatic N) is 1. The van der Waals surface area contributed by atoms with E-state index in [-0.39, 0.29) is 0 Å². The largest absolute Gasteiger partial charge is 0.332 e. The van der Waals surface area contributed by atoms with Gasteiger partial charge in [-0.25, -0.2) is 4.98 Å². The van der Waals surface area contributed by atoms with Crippen LogP contribution in [0.2, 0.25) is 5.02 Å². The van der Waals surface area contributed by atoms with Crippen LogP contribution < -0.4 is 5.32 Å². The molecule has 1 heterocycles. The molecule has 0 spiro atoms. The summed E-state index contributed by atoms with van der Waals surface area (Å²) < 4.78 is 1.09. The summed E-state index contributed by atoms with van der Waals surface area (Å²) in [5, 5.41) is 7.13. The number of anilines is 2. The Morgan fingerprint density at radius 3 is 2.43 bits per heavy atom. The Hall–Kier alpha value is -2.10. The number of nitrogens with one attached hydrogen (secondary N) is 1. The predicted molar refractivity (Wildman–Crippen MR) is 91.9 cm³/mol. The summed E-state index contributed by atoms with van der Waals surface area (Å²) >= 11 is 7.98. The molecule has 0 amide bonds. The summed E-state index contributed by atoms with van der Waals surface area (Å²) in [4.78, 5) is 4.73. The van der Waals surface area contributed by atoms with Gasteiger partial charge < -0.3 is 5.32 Å². The van der Waals surface area contributed by atoms with Crippen molar-refractivity contribution in [3.05, 3.63) is 65.7 Å². The fourth-order valence-corrected chi connectivity index (χ4v) is 3.69. The van der Waals surface area contributed by atoms with Crippen molar-refractivity contribution in [1.29, 1.82) is 0 Å². The maximum Gasteiger partial charge on any atom is 0.188 e. The molecule has 0 fully saturated rings. The third kappa shape index (κ3) is 2.24. The van der Waals surface area contributed by atoms with E-state index in [1.54, 1.807) is 11.3 Å². The van der Waals surface area contributed by atoms with E-state index in [1.165, 1.54) is 0 Å². The average molecular weight is 311 g/mol. The van der Waals surface area contributed by atoms with Crippen LogP contribution in [0.15, 0.2) is 60.7 Å². The van der Waals surface area contributed by atoms with Crippen LogP contribution in [0, 0.1) is 0 Å². The van der Waals surface area contributed by atoms with Gasteiger partial charge in [-0.2, -0.15) is 0 Å². The van der Waals surface area contributed by atoms with Crippen LogP contribution in [-0.4, -0.2) is 4.98 Å². The van der Waals surface area contributed by atoms with Gasteiger partial charge in [-0.15, -0.1) is 0 Å². The molecule has 0 bridgehead atoms. The first-order chi connectivity index (χ1) is 10.3. The molecule has 0 radical (unpaired) electrons. The van der Waals surface area contributed by atoms with Gasteiger partial charge in [0.05, 0.1) is 10.2 Å². The smallest absolute Gasteiger partial charge is 0.188 e. The lowest BCUT2D eigenvalue weighted by atomic mass is 10.1. The molecule has 0 aliphatic carbocycles. The predicted octanol–water partition coefficient (Wildman–Crippen LogP) is 5.85. The highest BCUT2D eigenvalue weighted by atomic mass is 35.5. The van der Waals surface area contributed by atoms with Crippen molar-refractivity contribution in [2.75, 3.05) is 5.32 Å². The van der Waals surface area contributed by atoms with Gasteiger partial charge in [0, 0.05) is 21.5 Å². The Bertz CT molecular complexity index is 931. The number of para-hydroxylation sites is 1. The maximum atomic E-state index is 6.36. The first-order valence-corrected chi connectivity index (χ1v) is 7.80. The molecule has 21 heavy (non-hydrogen) atoms. The Kier molecular flexibility index (Phi) is 3.02. The third-order valence-corrected chi connectivity index (χ3v) is 4.61. The molecule has 0 aliphatic heterocycles. The van der Waals surface area contributed by atoms with Crippen LogP contribution in [0.25, 0.3) is 21.0 Å². The highest BCUT2D eigenvalue weighted by molar-refractivity contribution is 7.22. The number of halogens is 1. The fourth-order valence-electron chi connectivity index (χ4n) is 2.41. The normalized spacial score (nSPS) is 11.1. The summed E-state index contributed by atoms with van der Waals surface area (Å²) in [5.41, 5.74) is 2.03. The molecule has 1 N–H and O–H groups in total. The summed E-state index contributed by atoms with van der Waals surface area (Å²) in [6, 6.07) is 20.1. The summed E-state index contributed by atoms with van der Waals surface area (Å²) in [6.07, 6.45) is 0. The minimum Gasteiger partial charge on any atom is -0.332 e. The highest BCUT2D eigenvalue weighted by Crippen LogP contribution is 2.36. The zero-order chi connectivity index (χ0) is 14.2. The minimum absolute atomic E-state index is 0.771. The standard InChI is InChI=1S/C17H11ClN2S/c18-14-10-15-16(13-9-5-4-8-12(13)14)20-17(21-15)19-11-6-2-1-3-7-11/h1-10H,(H,19,20). The van der Waals surface area contributed by atoms with E-state index < -0.39 is 0 Å². The topological polar surface area (TPSA) is 24.9 Å². The number of aromatic nitrogens is 1. The molecule has 3 aromatic carbocycles. The molecule has 1 aromatic heterocycles. The van der Waals surface area contributed by atoms with Gasteiger partial charge in [0.1, 0.15) is 0 Å². The van der Waals surface area contributed by atoms with Crippen LogP contribution in [-0.2, 0) is 0 Å². The van der Waals surface area contributed by atoms with Crippen molar-refractivity contribution >= 4 is 54.7 Å². The molecule has 4 aromatic rings. The van der Waals surface area contributed by atoms with Crippen LogP contribution in [0.1, 0.15) is 0 Å². The monoisotopic (exact) mass is 310 g/mol. The Morgan fingerprint density at radius 2 is 1.62 bits per heavy atom. The van der Waals surface area contributed by atoms with Crippen LogP contribution >= 0.6 is 22.9 Å². The lowest BCUT2D eigenvalue weighted by Gasteiger charge is -2.00. The summed E-state index contributed by atoms with van der Waals surface area (Å²) in [6.45, 7) is 0. The number of fused-ring (bicyclic) bond motifs is 3. The molecule has 0 unspecified atom stereocenters. The van der Waals surface area contributed by atoms with Crippen molar-refractivity contribution in [3.63, 3.8) is 0 Å². The van der Waals surface area contributed by atoms with Gasteiger partial charge in [-0.1, -0.05) is 65.4 Å². The SMILES string of the molecule is Clc1cc2sc(Nc3ccccc3)nc2c2ccccc12. The van der Waals surface area contributed by atoms with E-state index in [4.69, 9.17) is 16.6 Å². The van der Waals surface area contributed by atoms with Gasteiger partial charge in [0.2, 0.25) is 0 Å². The lowest BCUT2D eigenvalue weighted by Crippen LogP contribution is -1.87. The Labute approximate surface area is 131 Å². The molecule has 0 saturated carbocycles. The quantitative estimate of drug-likeness (QED) is 0.502. The van der Waals surface area contributed by atoms with Crippen LogP contribution in [0.5, 0.6) is 0 Å². The second kappa shape index (κ2) is 5.02. The maximum absolute atomic E-state index is 6.36. The molecule has 2 nitrogen and oxygen atoms in total. The van der Waals surface area contributed by atoms with Gasteiger partial charge in [0.15, 0.2) is 5.13 Å². The van der Waals surface area contributed by atoms with E-state index in [0.717, 1.165) is 36.8 Å². The third-order valence-electron chi connectivity index (χ3n) is 3.38.